The Labute approximate surface area is 380 Å². The number of likely N-dealkylation sites (tertiary alicyclic amines) is 1. The number of methoxy groups -OCH3 is 1. The summed E-state index contributed by atoms with van der Waals surface area (Å²) in [5.41, 5.74) is 9.47. The lowest BCUT2D eigenvalue weighted by molar-refractivity contribution is -0.155. The summed E-state index contributed by atoms with van der Waals surface area (Å²) in [6.45, 7) is 17.3. The fourth-order valence-electron chi connectivity index (χ4n) is 10.1. The molecule has 0 saturated carbocycles. The predicted octanol–water partition coefficient (Wildman–Crippen LogP) is 4.93. The van der Waals surface area contributed by atoms with Crippen molar-refractivity contribution in [2.75, 3.05) is 40.0 Å². The molecule has 6 bridgehead atoms. The summed E-state index contributed by atoms with van der Waals surface area (Å²) in [5, 5.41) is 8.84. The van der Waals surface area contributed by atoms with Gasteiger partial charge >= 0.3 is 5.97 Å². The molecular formula is C50H62N8O7. The highest BCUT2D eigenvalue weighted by Gasteiger charge is 2.58. The molecule has 15 heteroatoms. The van der Waals surface area contributed by atoms with Crippen LogP contribution in [0.3, 0.4) is 0 Å². The number of cyclic esters (lactones) is 1. The fraction of sp³-hybridized carbons (Fsp3) is 0.480. The molecule has 3 fully saturated rings. The highest BCUT2D eigenvalue weighted by atomic mass is 16.5. The highest BCUT2D eigenvalue weighted by Crippen LogP contribution is 2.42. The number of esters is 1. The number of aromatic nitrogens is 2. The Hall–Kier alpha value is -5.90. The van der Waals surface area contributed by atoms with E-state index in [0.717, 1.165) is 50.1 Å². The number of amides is 4. The average molecular weight is 887 g/mol. The fourth-order valence-corrected chi connectivity index (χ4v) is 10.1. The zero-order chi connectivity index (χ0) is 46.4. The van der Waals surface area contributed by atoms with Gasteiger partial charge in [-0.1, -0.05) is 64.6 Å². The van der Waals surface area contributed by atoms with Crippen LogP contribution in [0.4, 0.5) is 0 Å². The first-order chi connectivity index (χ1) is 31.1. The van der Waals surface area contributed by atoms with Gasteiger partial charge in [0.05, 0.1) is 43.9 Å². The van der Waals surface area contributed by atoms with E-state index in [1.165, 1.54) is 20.9 Å². The normalized spacial score (nSPS) is 21.8. The number of nitrogens with zero attached hydrogens (tertiary/aromatic N) is 5. The smallest absolute Gasteiger partial charge is 0.324 e. The van der Waals surface area contributed by atoms with Crippen LogP contribution in [0.15, 0.2) is 73.4 Å². The topological polar surface area (TPSA) is 167 Å². The minimum absolute atomic E-state index is 0.116. The van der Waals surface area contributed by atoms with E-state index in [-0.39, 0.29) is 56.6 Å². The molecule has 4 aliphatic rings. The molecule has 6 heterocycles. The van der Waals surface area contributed by atoms with Crippen molar-refractivity contribution in [2.24, 2.45) is 11.3 Å². The number of pyridine rings is 1. The third-order valence-electron chi connectivity index (χ3n) is 13.5. The molecule has 1 spiro atoms. The molecule has 3 N–H and O–H groups in total. The number of hydrogen-bond donors (Lipinski definition) is 3. The maximum Gasteiger partial charge on any atom is 0.324 e. The number of carbonyl (C=O) groups is 5. The predicted molar refractivity (Wildman–Crippen MR) is 247 cm³/mol. The van der Waals surface area contributed by atoms with Crippen LogP contribution in [-0.4, -0.2) is 118 Å². The monoisotopic (exact) mass is 886 g/mol. The number of carbonyl (C=O) groups excluding carboxylic acids is 5. The lowest BCUT2D eigenvalue weighted by Crippen LogP contribution is -2.72. The molecule has 4 aromatic rings. The number of hydrazine groups is 1. The number of ether oxygens (including phenoxy) is 2. The number of fused-ring (bicyclic) bond motifs is 6. The highest BCUT2D eigenvalue weighted by molar-refractivity contribution is 5.99. The van der Waals surface area contributed by atoms with Crippen LogP contribution >= 0.6 is 0 Å². The first-order valence-corrected chi connectivity index (χ1v) is 22.8. The van der Waals surface area contributed by atoms with Gasteiger partial charge in [-0.3, -0.25) is 39.3 Å². The Morgan fingerprint density at radius 3 is 2.55 bits per heavy atom. The van der Waals surface area contributed by atoms with Crippen molar-refractivity contribution in [1.82, 2.24) is 40.4 Å². The molecule has 1 unspecified atom stereocenters. The van der Waals surface area contributed by atoms with Crippen LogP contribution in [-0.2, 0) is 52.8 Å². The average Bonchev–Trinajstić information content (AvgIpc) is 3.79. The maximum atomic E-state index is 14.7. The van der Waals surface area contributed by atoms with Gasteiger partial charge in [0.2, 0.25) is 17.7 Å². The van der Waals surface area contributed by atoms with Gasteiger partial charge in [-0.05, 0) is 91.6 Å². The van der Waals surface area contributed by atoms with E-state index in [1.54, 1.807) is 13.3 Å². The van der Waals surface area contributed by atoms with Gasteiger partial charge in [0.1, 0.15) is 23.7 Å². The van der Waals surface area contributed by atoms with Crippen LogP contribution in [0.2, 0.25) is 0 Å². The van der Waals surface area contributed by atoms with Crippen molar-refractivity contribution in [3.8, 4) is 22.4 Å². The maximum absolute atomic E-state index is 14.7. The second-order valence-electron chi connectivity index (χ2n) is 19.1. The van der Waals surface area contributed by atoms with E-state index in [1.807, 2.05) is 39.0 Å². The second-order valence-corrected chi connectivity index (χ2v) is 19.1. The zero-order valence-electron chi connectivity index (χ0n) is 38.6. The zero-order valence-corrected chi connectivity index (χ0v) is 38.6. The van der Waals surface area contributed by atoms with Crippen molar-refractivity contribution in [3.05, 3.63) is 90.3 Å². The summed E-state index contributed by atoms with van der Waals surface area (Å²) in [6, 6.07) is 15.8. The van der Waals surface area contributed by atoms with Crippen LogP contribution in [0.1, 0.15) is 77.3 Å². The van der Waals surface area contributed by atoms with E-state index < -0.39 is 46.9 Å². The number of benzene rings is 2. The molecule has 344 valence electrons. The van der Waals surface area contributed by atoms with Crippen molar-refractivity contribution in [2.45, 2.75) is 104 Å². The summed E-state index contributed by atoms with van der Waals surface area (Å²) in [5.74, 6) is -2.16. The van der Waals surface area contributed by atoms with Crippen LogP contribution in [0, 0.1) is 11.3 Å². The van der Waals surface area contributed by atoms with E-state index >= 15 is 0 Å². The molecule has 0 radical (unpaired) electrons. The molecule has 2 aromatic heterocycles. The summed E-state index contributed by atoms with van der Waals surface area (Å²) in [6.07, 6.45) is 4.51. The summed E-state index contributed by atoms with van der Waals surface area (Å²) in [4.78, 5) is 77.3. The number of rotatable bonds is 9. The third kappa shape index (κ3) is 8.68. The summed E-state index contributed by atoms with van der Waals surface area (Å²) < 4.78 is 14.3. The van der Waals surface area contributed by atoms with Crippen LogP contribution in [0.5, 0.6) is 0 Å². The van der Waals surface area contributed by atoms with Gasteiger partial charge in [-0.2, -0.15) is 0 Å². The molecule has 4 atom stereocenters. The first-order valence-electron chi connectivity index (χ1n) is 22.8. The van der Waals surface area contributed by atoms with Crippen LogP contribution < -0.4 is 16.1 Å². The minimum Gasteiger partial charge on any atom is -0.464 e. The van der Waals surface area contributed by atoms with E-state index in [9.17, 15) is 24.0 Å². The second kappa shape index (κ2) is 18.2. The van der Waals surface area contributed by atoms with Gasteiger partial charge in [0.25, 0.3) is 5.91 Å². The Morgan fingerprint density at radius 2 is 1.83 bits per heavy atom. The molecular weight excluding hydrogens is 825 g/mol. The number of aryl methyl sites for hydroxylation is 1. The van der Waals surface area contributed by atoms with Gasteiger partial charge in [-0.25, -0.2) is 5.43 Å². The largest absolute Gasteiger partial charge is 0.464 e. The number of nitrogens with one attached hydrogen (secondary N) is 3. The van der Waals surface area contributed by atoms with Crippen molar-refractivity contribution < 1.29 is 33.4 Å². The Bertz CT molecular complexity index is 2520. The first kappa shape index (κ1) is 45.7. The van der Waals surface area contributed by atoms with Crippen molar-refractivity contribution in [3.63, 3.8) is 0 Å². The molecule has 65 heavy (non-hydrogen) atoms. The molecule has 15 nitrogen and oxygen atoms in total. The van der Waals surface area contributed by atoms with E-state index in [4.69, 9.17) is 14.5 Å². The standard InChI is InChI=1S/C50H62N8O7/c1-9-41(59)55-26-50(27-55)48(63)57(29-52-50)43(30(3)4)45(60)53-39-23-32-14-11-15-33(22-32)34-18-19-40-36(24-34)37(44(56(40)10-2)35-16-12-20-51-42(35)31(5)64-8)25-49(6,7)28-65-47(62)38-17-13-21-58(54-38)46(39)61/h9,11-12,14-16,18-20,22,24,30-31,38-39,43,52,54H,1,10,13,17,21,23,25-29H2,2-8H3,(H,53,60)/t31-,38-,39-,43?/m0/s1. The molecule has 4 amide bonds. The molecule has 3 saturated heterocycles. The van der Waals surface area contributed by atoms with Gasteiger partial charge in [0.15, 0.2) is 0 Å². The Balaban J connectivity index is 1.18. The molecule has 8 rings (SSSR count). The lowest BCUT2D eigenvalue weighted by atomic mass is 9.84. The third-order valence-corrected chi connectivity index (χ3v) is 13.5. The lowest BCUT2D eigenvalue weighted by Gasteiger charge is -2.46. The Kier molecular flexibility index (Phi) is 12.8. The van der Waals surface area contributed by atoms with E-state index in [0.29, 0.717) is 32.4 Å². The van der Waals surface area contributed by atoms with Crippen molar-refractivity contribution >= 4 is 40.5 Å². The van der Waals surface area contributed by atoms with Gasteiger partial charge in [0, 0.05) is 54.7 Å². The molecule has 2 aromatic carbocycles. The van der Waals surface area contributed by atoms with Crippen LogP contribution in [0.25, 0.3) is 33.3 Å². The molecule has 0 aliphatic carbocycles. The summed E-state index contributed by atoms with van der Waals surface area (Å²) in [7, 11) is 1.69. The quantitative estimate of drug-likeness (QED) is 0.155. The van der Waals surface area contributed by atoms with E-state index in [2.05, 4.69) is 84.4 Å². The summed E-state index contributed by atoms with van der Waals surface area (Å²) >= 11 is 0. The molecule has 4 aliphatic heterocycles. The minimum atomic E-state index is -1.05. The van der Waals surface area contributed by atoms with Gasteiger partial charge < -0.3 is 29.2 Å². The number of hydrogen-bond acceptors (Lipinski definition) is 10. The SMILES string of the molecule is C=CC(=O)N1CC2(C1)NCN(C(C(=O)N[C@H]1Cc3cccc(c3)-c3ccc4c(c3)c(c(-c3cccnc3[C@H](C)OC)n4CC)CC(C)(C)COC(=O)[C@@H]3CCCN(N3)C1=O)C(C)C)C2=O. The van der Waals surface area contributed by atoms with Gasteiger partial charge in [-0.15, -0.1) is 0 Å². The Morgan fingerprint density at radius 1 is 1.06 bits per heavy atom. The van der Waals surface area contributed by atoms with Crippen molar-refractivity contribution in [1.29, 1.82) is 0 Å².